The lowest BCUT2D eigenvalue weighted by Crippen LogP contribution is -2.61. The first kappa shape index (κ1) is 24.7. The first-order chi connectivity index (χ1) is 16.5. The van der Waals surface area contributed by atoms with Crippen LogP contribution >= 0.6 is 0 Å². The lowest BCUT2D eigenvalue weighted by atomic mass is 9.73. The van der Waals surface area contributed by atoms with Gasteiger partial charge < -0.3 is 25.2 Å². The van der Waals surface area contributed by atoms with Crippen molar-refractivity contribution in [3.63, 3.8) is 0 Å². The van der Waals surface area contributed by atoms with E-state index in [1.165, 1.54) is 0 Å². The van der Waals surface area contributed by atoms with Crippen molar-refractivity contribution in [2.24, 2.45) is 5.41 Å². The molecule has 1 heterocycles. The molecule has 1 aliphatic heterocycles. The summed E-state index contributed by atoms with van der Waals surface area (Å²) in [6.07, 6.45) is -1.28. The van der Waals surface area contributed by atoms with E-state index in [2.05, 4.69) is 34.9 Å². The first-order valence-corrected chi connectivity index (χ1v) is 11.8. The van der Waals surface area contributed by atoms with Gasteiger partial charge in [0.15, 0.2) is 6.10 Å². The fourth-order valence-corrected chi connectivity index (χ4v) is 4.66. The van der Waals surface area contributed by atoms with E-state index in [1.807, 2.05) is 24.3 Å². The minimum Gasteiger partial charge on any atom is -0.479 e. The predicted octanol–water partition coefficient (Wildman–Crippen LogP) is 3.69. The van der Waals surface area contributed by atoms with Crippen LogP contribution in [0.4, 0.5) is 4.79 Å². The summed E-state index contributed by atoms with van der Waals surface area (Å²) in [7, 11) is 0. The van der Waals surface area contributed by atoms with Crippen LogP contribution < -0.4 is 10.6 Å². The molecular formula is C27H32N2O6. The molecule has 1 saturated heterocycles. The summed E-state index contributed by atoms with van der Waals surface area (Å²) in [5.74, 6) is -1.55. The first-order valence-electron chi connectivity index (χ1n) is 11.8. The van der Waals surface area contributed by atoms with Gasteiger partial charge in [0, 0.05) is 12.5 Å². The molecule has 2 amide bonds. The smallest absolute Gasteiger partial charge is 0.407 e. The molecule has 3 N–H and O–H groups in total. The van der Waals surface area contributed by atoms with E-state index in [4.69, 9.17) is 9.47 Å². The summed E-state index contributed by atoms with van der Waals surface area (Å²) in [5.41, 5.74) is 2.47. The molecule has 2 aromatic carbocycles. The molecule has 0 unspecified atom stereocenters. The molecule has 1 aliphatic carbocycles. The van der Waals surface area contributed by atoms with Crippen LogP contribution in [0.5, 0.6) is 0 Å². The van der Waals surface area contributed by atoms with Crippen LogP contribution in [0.3, 0.4) is 0 Å². The third kappa shape index (κ3) is 4.62. The van der Waals surface area contributed by atoms with Gasteiger partial charge in [-0.3, -0.25) is 4.79 Å². The summed E-state index contributed by atoms with van der Waals surface area (Å²) in [6, 6.07) is 15.6. The zero-order valence-corrected chi connectivity index (χ0v) is 20.5. The number of hydrogen-bond acceptors (Lipinski definition) is 5. The van der Waals surface area contributed by atoms with E-state index in [0.717, 1.165) is 22.3 Å². The number of ether oxygens (including phenoxy) is 2. The highest BCUT2D eigenvalue weighted by Gasteiger charge is 2.47. The Morgan fingerprint density at radius 1 is 1.00 bits per heavy atom. The van der Waals surface area contributed by atoms with Crippen LogP contribution in [-0.2, 0) is 19.1 Å². The van der Waals surface area contributed by atoms with Crippen molar-refractivity contribution in [2.75, 3.05) is 13.2 Å². The molecule has 0 radical (unpaired) electrons. The maximum absolute atomic E-state index is 13.1. The summed E-state index contributed by atoms with van der Waals surface area (Å²) in [5, 5.41) is 14.9. The van der Waals surface area contributed by atoms with Crippen LogP contribution in [-0.4, -0.2) is 54.0 Å². The average Bonchev–Trinajstić information content (AvgIpc) is 3.40. The van der Waals surface area contributed by atoms with E-state index in [9.17, 15) is 19.5 Å². The maximum Gasteiger partial charge on any atom is 0.407 e. The summed E-state index contributed by atoms with van der Waals surface area (Å²) >= 11 is 0. The monoisotopic (exact) mass is 480 g/mol. The van der Waals surface area contributed by atoms with E-state index in [0.29, 0.717) is 6.42 Å². The number of carbonyl (C=O) groups is 3. The number of carboxylic acid groups (broad SMARTS) is 1. The Morgan fingerprint density at radius 2 is 1.57 bits per heavy atom. The fraction of sp³-hybridized carbons (Fsp3) is 0.444. The molecule has 0 spiro atoms. The molecule has 2 atom stereocenters. The molecule has 8 heteroatoms. The van der Waals surface area contributed by atoms with Crippen LogP contribution in [0.15, 0.2) is 48.5 Å². The van der Waals surface area contributed by atoms with E-state index < -0.39 is 35.2 Å². The maximum atomic E-state index is 13.1. The van der Waals surface area contributed by atoms with Gasteiger partial charge in [0.1, 0.15) is 6.61 Å². The number of rotatable bonds is 7. The van der Waals surface area contributed by atoms with Gasteiger partial charge in [-0.15, -0.1) is 0 Å². The Hall–Kier alpha value is -3.39. The van der Waals surface area contributed by atoms with E-state index >= 15 is 0 Å². The highest BCUT2D eigenvalue weighted by molar-refractivity contribution is 5.86. The second-order valence-corrected chi connectivity index (χ2v) is 10.2. The van der Waals surface area contributed by atoms with Crippen molar-refractivity contribution in [3.8, 4) is 11.1 Å². The van der Waals surface area contributed by atoms with E-state index in [1.54, 1.807) is 27.7 Å². The molecule has 0 bridgehead atoms. The van der Waals surface area contributed by atoms with Gasteiger partial charge in [-0.05, 0) is 56.4 Å². The number of carboxylic acids is 1. The molecule has 35 heavy (non-hydrogen) atoms. The molecule has 186 valence electrons. The zero-order valence-electron chi connectivity index (χ0n) is 20.5. The Morgan fingerprint density at radius 3 is 2.14 bits per heavy atom. The molecule has 0 aromatic heterocycles. The minimum atomic E-state index is -1.11. The van der Waals surface area contributed by atoms with Gasteiger partial charge >= 0.3 is 12.1 Å². The Bertz CT molecular complexity index is 1100. The predicted molar refractivity (Wildman–Crippen MR) is 130 cm³/mol. The van der Waals surface area contributed by atoms with Crippen molar-refractivity contribution in [1.82, 2.24) is 10.6 Å². The Labute approximate surface area is 205 Å². The SMILES string of the molecule is CC(C)(NC(=O)OCC1c2ccccc2-c2ccccc21)C(C)(C)C(=O)N[C@@H]1CCO[C@@H]1C(=O)O. The third-order valence-electron chi connectivity index (χ3n) is 7.54. The van der Waals surface area contributed by atoms with Crippen LogP contribution in [0.25, 0.3) is 11.1 Å². The number of amides is 2. The van der Waals surface area contributed by atoms with Crippen LogP contribution in [0.1, 0.15) is 51.2 Å². The topological polar surface area (TPSA) is 114 Å². The molecule has 1 fully saturated rings. The Kier molecular flexibility index (Phi) is 6.60. The number of alkyl carbamates (subject to hydrolysis) is 1. The second kappa shape index (κ2) is 9.34. The number of benzene rings is 2. The normalized spacial score (nSPS) is 19.5. The zero-order chi connectivity index (χ0) is 25.4. The number of aliphatic carboxylic acids is 1. The average molecular weight is 481 g/mol. The van der Waals surface area contributed by atoms with E-state index in [-0.39, 0.29) is 25.0 Å². The second-order valence-electron chi connectivity index (χ2n) is 10.2. The largest absolute Gasteiger partial charge is 0.479 e. The lowest BCUT2D eigenvalue weighted by Gasteiger charge is -2.41. The van der Waals surface area contributed by atoms with Crippen molar-refractivity contribution >= 4 is 18.0 Å². The highest BCUT2D eigenvalue weighted by Crippen LogP contribution is 2.44. The fourth-order valence-electron chi connectivity index (χ4n) is 4.66. The number of fused-ring (bicyclic) bond motifs is 3. The molecule has 4 rings (SSSR count). The molecule has 2 aliphatic rings. The molecular weight excluding hydrogens is 448 g/mol. The Balaban J connectivity index is 1.40. The summed E-state index contributed by atoms with van der Waals surface area (Å²) in [6.45, 7) is 7.34. The van der Waals surface area contributed by atoms with Crippen molar-refractivity contribution in [3.05, 3.63) is 59.7 Å². The third-order valence-corrected chi connectivity index (χ3v) is 7.54. The standard InChI is InChI=1S/C27H32N2O6/c1-26(2,24(32)28-21-13-14-34-22(21)23(30)31)27(3,4)29-25(33)35-15-20-18-11-7-5-9-16(18)17-10-6-8-12-19(17)20/h5-12,20-22H,13-15H2,1-4H3,(H,28,32)(H,29,33)(H,30,31)/t21-,22+/m1/s1. The van der Waals surface area contributed by atoms with Crippen LogP contribution in [0.2, 0.25) is 0 Å². The molecule has 2 aromatic rings. The molecule has 8 nitrogen and oxygen atoms in total. The van der Waals surface area contributed by atoms with Gasteiger partial charge in [0.25, 0.3) is 0 Å². The number of nitrogens with one attached hydrogen (secondary N) is 2. The van der Waals surface area contributed by atoms with Crippen LogP contribution in [0, 0.1) is 5.41 Å². The van der Waals surface area contributed by atoms with Gasteiger partial charge in [-0.2, -0.15) is 0 Å². The van der Waals surface area contributed by atoms with Crippen molar-refractivity contribution in [2.45, 2.75) is 57.7 Å². The van der Waals surface area contributed by atoms with Gasteiger partial charge in [0.05, 0.1) is 17.0 Å². The number of carbonyl (C=O) groups excluding carboxylic acids is 2. The van der Waals surface area contributed by atoms with Gasteiger partial charge in [-0.25, -0.2) is 9.59 Å². The lowest BCUT2D eigenvalue weighted by molar-refractivity contribution is -0.148. The van der Waals surface area contributed by atoms with Gasteiger partial charge in [0.2, 0.25) is 5.91 Å². The number of hydrogen-bond donors (Lipinski definition) is 3. The molecule has 0 saturated carbocycles. The summed E-state index contributed by atoms with van der Waals surface area (Å²) < 4.78 is 10.9. The van der Waals surface area contributed by atoms with Crippen molar-refractivity contribution < 1.29 is 29.0 Å². The van der Waals surface area contributed by atoms with Crippen molar-refractivity contribution in [1.29, 1.82) is 0 Å². The van der Waals surface area contributed by atoms with Gasteiger partial charge in [-0.1, -0.05) is 48.5 Å². The minimum absolute atomic E-state index is 0.0668. The highest BCUT2D eigenvalue weighted by atomic mass is 16.5. The quantitative estimate of drug-likeness (QED) is 0.557. The summed E-state index contributed by atoms with van der Waals surface area (Å²) in [4.78, 5) is 37.3.